The van der Waals surface area contributed by atoms with Gasteiger partial charge in [0.1, 0.15) is 11.9 Å². The van der Waals surface area contributed by atoms with E-state index in [1.165, 1.54) is 24.4 Å². The number of anilines is 1. The van der Waals surface area contributed by atoms with Crippen LogP contribution in [-0.4, -0.2) is 12.6 Å². The van der Waals surface area contributed by atoms with E-state index in [9.17, 15) is 9.18 Å². The van der Waals surface area contributed by atoms with Gasteiger partial charge >= 0.3 is 5.97 Å². The van der Waals surface area contributed by atoms with Crippen LogP contribution in [0.1, 0.15) is 12.5 Å². The number of nitrogens with one attached hydrogen (secondary N) is 1. The number of rotatable bonds is 4. The number of carbonyl (C=O) groups excluding carboxylic acids is 1. The van der Waals surface area contributed by atoms with Gasteiger partial charge in [0.2, 0.25) is 0 Å². The number of nitriles is 1. The summed E-state index contributed by atoms with van der Waals surface area (Å²) in [7, 11) is 0. The van der Waals surface area contributed by atoms with Gasteiger partial charge in [-0.3, -0.25) is 0 Å². The lowest BCUT2D eigenvalue weighted by molar-refractivity contribution is -0.138. The molecule has 18 heavy (non-hydrogen) atoms. The van der Waals surface area contributed by atoms with Gasteiger partial charge < -0.3 is 10.1 Å². The van der Waals surface area contributed by atoms with Crippen molar-refractivity contribution in [1.29, 1.82) is 5.26 Å². The standard InChI is InChI=1S/C13H13FN2O2/c1-3-18-13(17)10(7-15)8-16-12-5-4-11(14)6-9(12)2/h4-6,8,16H,3H2,1-2H3/b10-8+. The zero-order valence-electron chi connectivity index (χ0n) is 10.2. The van der Waals surface area contributed by atoms with Gasteiger partial charge in [-0.1, -0.05) is 0 Å². The lowest BCUT2D eigenvalue weighted by atomic mass is 10.2. The Balaban J connectivity index is 2.84. The fourth-order valence-corrected chi connectivity index (χ4v) is 1.28. The molecule has 0 atom stereocenters. The van der Waals surface area contributed by atoms with Gasteiger partial charge in [0.05, 0.1) is 6.61 Å². The van der Waals surface area contributed by atoms with E-state index in [0.29, 0.717) is 11.3 Å². The van der Waals surface area contributed by atoms with E-state index in [1.54, 1.807) is 19.9 Å². The fourth-order valence-electron chi connectivity index (χ4n) is 1.28. The summed E-state index contributed by atoms with van der Waals surface area (Å²) in [6.07, 6.45) is 1.25. The number of ether oxygens (including phenoxy) is 1. The smallest absolute Gasteiger partial charge is 0.350 e. The lowest BCUT2D eigenvalue weighted by Crippen LogP contribution is -2.08. The van der Waals surface area contributed by atoms with Crippen molar-refractivity contribution in [3.05, 3.63) is 41.4 Å². The molecule has 0 spiro atoms. The highest BCUT2D eigenvalue weighted by molar-refractivity contribution is 5.93. The number of aryl methyl sites for hydroxylation is 1. The molecule has 0 aliphatic heterocycles. The van der Waals surface area contributed by atoms with Gasteiger partial charge in [-0.25, -0.2) is 9.18 Å². The molecule has 0 heterocycles. The maximum absolute atomic E-state index is 12.9. The fraction of sp³-hybridized carbons (Fsp3) is 0.231. The van der Waals surface area contributed by atoms with Crippen LogP contribution in [0.15, 0.2) is 30.0 Å². The zero-order valence-corrected chi connectivity index (χ0v) is 10.2. The quantitative estimate of drug-likeness (QED) is 0.505. The van der Waals surface area contributed by atoms with Crippen molar-refractivity contribution in [2.75, 3.05) is 11.9 Å². The third-order valence-electron chi connectivity index (χ3n) is 2.18. The van der Waals surface area contributed by atoms with Crippen molar-refractivity contribution in [3.63, 3.8) is 0 Å². The van der Waals surface area contributed by atoms with Crippen molar-refractivity contribution >= 4 is 11.7 Å². The Labute approximate surface area is 105 Å². The van der Waals surface area contributed by atoms with Crippen LogP contribution in [0.2, 0.25) is 0 Å². The number of halogens is 1. The molecule has 0 aromatic heterocycles. The largest absolute Gasteiger partial charge is 0.462 e. The molecule has 0 unspecified atom stereocenters. The third kappa shape index (κ3) is 3.59. The zero-order chi connectivity index (χ0) is 13.5. The Hall–Kier alpha value is -2.35. The lowest BCUT2D eigenvalue weighted by Gasteiger charge is -2.06. The van der Waals surface area contributed by atoms with Crippen LogP contribution in [0.5, 0.6) is 0 Å². The Morgan fingerprint density at radius 3 is 2.89 bits per heavy atom. The summed E-state index contributed by atoms with van der Waals surface area (Å²) in [5.74, 6) is -1.03. The molecule has 0 aliphatic carbocycles. The molecular weight excluding hydrogens is 235 g/mol. The molecule has 0 amide bonds. The minimum absolute atomic E-state index is 0.138. The van der Waals surface area contributed by atoms with E-state index in [0.717, 1.165) is 0 Å². The molecule has 4 nitrogen and oxygen atoms in total. The molecule has 5 heteroatoms. The van der Waals surface area contributed by atoms with Gasteiger partial charge in [0.15, 0.2) is 5.57 Å². The van der Waals surface area contributed by atoms with E-state index in [4.69, 9.17) is 10.00 Å². The van der Waals surface area contributed by atoms with Crippen molar-refractivity contribution in [2.24, 2.45) is 0 Å². The average molecular weight is 248 g/mol. The van der Waals surface area contributed by atoms with Crippen molar-refractivity contribution in [1.82, 2.24) is 0 Å². The first-order valence-electron chi connectivity index (χ1n) is 5.38. The molecule has 1 aromatic carbocycles. The summed E-state index contributed by atoms with van der Waals surface area (Å²) in [6.45, 7) is 3.58. The van der Waals surface area contributed by atoms with Gasteiger partial charge in [0.25, 0.3) is 0 Å². The van der Waals surface area contributed by atoms with Crippen molar-refractivity contribution in [2.45, 2.75) is 13.8 Å². The molecule has 0 radical (unpaired) electrons. The Kier molecular flexibility index (Phi) is 4.88. The normalized spacial score (nSPS) is 10.7. The summed E-state index contributed by atoms with van der Waals surface area (Å²) in [5.41, 5.74) is 1.15. The summed E-state index contributed by atoms with van der Waals surface area (Å²) in [6, 6.07) is 5.91. The van der Waals surface area contributed by atoms with Gasteiger partial charge in [-0.05, 0) is 37.6 Å². The molecule has 1 aromatic rings. The van der Waals surface area contributed by atoms with E-state index in [-0.39, 0.29) is 18.0 Å². The number of benzene rings is 1. The summed E-state index contributed by atoms with van der Waals surface area (Å²) in [4.78, 5) is 11.3. The topological polar surface area (TPSA) is 62.1 Å². The number of nitrogens with zero attached hydrogens (tertiary/aromatic N) is 1. The van der Waals surface area contributed by atoms with Crippen LogP contribution in [0.25, 0.3) is 0 Å². The first-order chi connectivity index (χ1) is 8.58. The molecular formula is C13H13FN2O2. The van der Waals surface area contributed by atoms with Gasteiger partial charge in [-0.2, -0.15) is 5.26 Å². The predicted octanol–water partition coefficient (Wildman–Crippen LogP) is 2.52. The maximum atomic E-state index is 12.9. The SMILES string of the molecule is CCOC(=O)/C(C#N)=C/Nc1ccc(F)cc1C. The van der Waals surface area contributed by atoms with E-state index >= 15 is 0 Å². The molecule has 94 valence electrons. The van der Waals surface area contributed by atoms with E-state index in [2.05, 4.69) is 5.32 Å². The predicted molar refractivity (Wildman–Crippen MR) is 65.1 cm³/mol. The van der Waals surface area contributed by atoms with Crippen LogP contribution in [-0.2, 0) is 9.53 Å². The summed E-state index contributed by atoms with van der Waals surface area (Å²) < 4.78 is 17.6. The second kappa shape index (κ2) is 6.40. The monoisotopic (exact) mass is 248 g/mol. The first kappa shape index (κ1) is 13.7. The first-order valence-corrected chi connectivity index (χ1v) is 5.38. The average Bonchev–Trinajstić information content (AvgIpc) is 2.32. The molecule has 0 saturated heterocycles. The maximum Gasteiger partial charge on any atom is 0.350 e. The van der Waals surface area contributed by atoms with Crippen molar-refractivity contribution < 1.29 is 13.9 Å². The number of hydrogen-bond acceptors (Lipinski definition) is 4. The highest BCUT2D eigenvalue weighted by Crippen LogP contribution is 2.16. The second-order valence-electron chi connectivity index (χ2n) is 3.49. The van der Waals surface area contributed by atoms with Crippen LogP contribution in [0, 0.1) is 24.1 Å². The highest BCUT2D eigenvalue weighted by Gasteiger charge is 2.09. The third-order valence-corrected chi connectivity index (χ3v) is 2.18. The minimum Gasteiger partial charge on any atom is -0.462 e. The highest BCUT2D eigenvalue weighted by atomic mass is 19.1. The molecule has 0 fully saturated rings. The molecule has 0 aliphatic rings. The Morgan fingerprint density at radius 1 is 1.61 bits per heavy atom. The van der Waals surface area contributed by atoms with E-state index < -0.39 is 5.97 Å². The van der Waals surface area contributed by atoms with E-state index in [1.807, 2.05) is 0 Å². The number of esters is 1. The van der Waals surface area contributed by atoms with Crippen LogP contribution in [0.3, 0.4) is 0 Å². The minimum atomic E-state index is -0.688. The molecule has 1 rings (SSSR count). The van der Waals surface area contributed by atoms with Gasteiger partial charge in [-0.15, -0.1) is 0 Å². The molecule has 1 N–H and O–H groups in total. The van der Waals surface area contributed by atoms with Crippen LogP contribution in [0.4, 0.5) is 10.1 Å². The van der Waals surface area contributed by atoms with Crippen LogP contribution >= 0.6 is 0 Å². The number of carbonyl (C=O) groups is 1. The van der Waals surface area contributed by atoms with Gasteiger partial charge in [0, 0.05) is 11.9 Å². The molecule has 0 bridgehead atoms. The summed E-state index contributed by atoms with van der Waals surface area (Å²) >= 11 is 0. The number of hydrogen-bond donors (Lipinski definition) is 1. The summed E-state index contributed by atoms with van der Waals surface area (Å²) in [5, 5.41) is 11.6. The van der Waals surface area contributed by atoms with Crippen molar-refractivity contribution in [3.8, 4) is 6.07 Å². The Morgan fingerprint density at radius 2 is 2.33 bits per heavy atom. The molecule has 0 saturated carbocycles. The second-order valence-corrected chi connectivity index (χ2v) is 3.49. The Bertz CT molecular complexity index is 518. The van der Waals surface area contributed by atoms with Crippen LogP contribution < -0.4 is 5.32 Å².